The highest BCUT2D eigenvalue weighted by Crippen LogP contribution is 2.26. The van der Waals surface area contributed by atoms with Gasteiger partial charge in [0.15, 0.2) is 0 Å². The van der Waals surface area contributed by atoms with Gasteiger partial charge < -0.3 is 9.26 Å². The fraction of sp³-hybridized carbons (Fsp3) is 0.105. The van der Waals surface area contributed by atoms with E-state index in [9.17, 15) is 0 Å². The van der Waals surface area contributed by atoms with E-state index in [4.69, 9.17) is 9.26 Å². The van der Waals surface area contributed by atoms with Gasteiger partial charge in [-0.15, -0.1) is 0 Å². The van der Waals surface area contributed by atoms with E-state index < -0.39 is 0 Å². The molecule has 2 heterocycles. The van der Waals surface area contributed by atoms with Crippen molar-refractivity contribution in [3.05, 3.63) is 59.1 Å². The predicted molar refractivity (Wildman–Crippen MR) is 102 cm³/mol. The van der Waals surface area contributed by atoms with Crippen LogP contribution < -0.4 is 4.74 Å². The van der Waals surface area contributed by atoms with Crippen molar-refractivity contribution in [2.45, 2.75) is 6.92 Å². The number of hydrogen-bond donors (Lipinski definition) is 1. The van der Waals surface area contributed by atoms with Crippen molar-refractivity contribution in [1.29, 1.82) is 0 Å². The van der Waals surface area contributed by atoms with E-state index in [0.29, 0.717) is 24.0 Å². The molecule has 4 aromatic rings. The number of rotatable bonds is 5. The maximum Gasteiger partial charge on any atom is 0.276 e. The van der Waals surface area contributed by atoms with Crippen LogP contribution in [0.5, 0.6) is 5.75 Å². The van der Waals surface area contributed by atoms with Gasteiger partial charge in [0, 0.05) is 15.6 Å². The van der Waals surface area contributed by atoms with Crippen molar-refractivity contribution < 1.29 is 9.26 Å². The first-order valence-electron chi connectivity index (χ1n) is 8.11. The second-order valence-corrected chi connectivity index (χ2v) is 6.47. The van der Waals surface area contributed by atoms with Gasteiger partial charge in [-0.2, -0.15) is 10.1 Å². The Balaban J connectivity index is 1.57. The summed E-state index contributed by atoms with van der Waals surface area (Å²) in [4.78, 5) is 4.44. The van der Waals surface area contributed by atoms with Gasteiger partial charge in [0.2, 0.25) is 5.82 Å². The highest BCUT2D eigenvalue weighted by Gasteiger charge is 2.14. The third-order valence-electron chi connectivity index (χ3n) is 3.80. The summed E-state index contributed by atoms with van der Waals surface area (Å²) >= 11 is 3.41. The zero-order valence-corrected chi connectivity index (χ0v) is 15.5. The average Bonchev–Trinajstić information content (AvgIpc) is 3.33. The van der Waals surface area contributed by atoms with Gasteiger partial charge in [-0.25, -0.2) is 0 Å². The molecule has 130 valence electrons. The summed E-state index contributed by atoms with van der Waals surface area (Å²) in [6.07, 6.45) is 0. The Labute approximate surface area is 158 Å². The Morgan fingerprint density at radius 2 is 1.77 bits per heavy atom. The third kappa shape index (κ3) is 3.39. The number of aromatic amines is 1. The zero-order chi connectivity index (χ0) is 17.9. The predicted octanol–water partition coefficient (Wildman–Crippen LogP) is 4.95. The summed E-state index contributed by atoms with van der Waals surface area (Å²) < 4.78 is 11.8. The summed E-state index contributed by atoms with van der Waals surface area (Å²) in [5.74, 6) is 1.76. The molecule has 0 radical (unpaired) electrons. The molecule has 2 aromatic heterocycles. The second kappa shape index (κ2) is 7.13. The van der Waals surface area contributed by atoms with E-state index in [1.54, 1.807) is 0 Å². The molecule has 0 aliphatic carbocycles. The molecule has 0 bridgehead atoms. The summed E-state index contributed by atoms with van der Waals surface area (Å²) in [7, 11) is 0. The molecule has 4 rings (SSSR count). The van der Waals surface area contributed by atoms with Gasteiger partial charge >= 0.3 is 0 Å². The van der Waals surface area contributed by atoms with Crippen LogP contribution in [0.3, 0.4) is 0 Å². The van der Waals surface area contributed by atoms with E-state index in [0.717, 1.165) is 27.0 Å². The van der Waals surface area contributed by atoms with Crippen LogP contribution in [0.25, 0.3) is 34.2 Å². The molecule has 1 N–H and O–H groups in total. The van der Waals surface area contributed by atoms with Crippen LogP contribution in [0.4, 0.5) is 0 Å². The molecule has 6 nitrogen and oxygen atoms in total. The normalized spacial score (nSPS) is 10.8. The van der Waals surface area contributed by atoms with Crippen molar-refractivity contribution in [3.63, 3.8) is 0 Å². The van der Waals surface area contributed by atoms with E-state index in [2.05, 4.69) is 36.3 Å². The molecular formula is C19H15BrN4O2. The zero-order valence-electron chi connectivity index (χ0n) is 13.9. The van der Waals surface area contributed by atoms with Crippen molar-refractivity contribution in [1.82, 2.24) is 20.3 Å². The van der Waals surface area contributed by atoms with E-state index in [-0.39, 0.29) is 0 Å². The number of nitrogens with one attached hydrogen (secondary N) is 1. The monoisotopic (exact) mass is 410 g/mol. The van der Waals surface area contributed by atoms with Crippen molar-refractivity contribution >= 4 is 15.9 Å². The molecule has 0 fully saturated rings. The topological polar surface area (TPSA) is 76.8 Å². The van der Waals surface area contributed by atoms with Crippen LogP contribution in [0, 0.1) is 0 Å². The molecule has 0 aliphatic heterocycles. The first-order chi connectivity index (χ1) is 12.7. The van der Waals surface area contributed by atoms with E-state index in [1.165, 1.54) is 0 Å². The lowest BCUT2D eigenvalue weighted by atomic mass is 10.1. The van der Waals surface area contributed by atoms with Crippen molar-refractivity contribution in [3.8, 4) is 40.0 Å². The number of H-pyrrole nitrogens is 1. The molecular weight excluding hydrogens is 396 g/mol. The van der Waals surface area contributed by atoms with E-state index in [1.807, 2.05) is 61.5 Å². The fourth-order valence-electron chi connectivity index (χ4n) is 2.52. The summed E-state index contributed by atoms with van der Waals surface area (Å²) in [5, 5.41) is 11.3. The van der Waals surface area contributed by atoms with Crippen LogP contribution in [0.15, 0.2) is 63.6 Å². The van der Waals surface area contributed by atoms with Crippen LogP contribution in [-0.2, 0) is 0 Å². The smallest absolute Gasteiger partial charge is 0.276 e. The van der Waals surface area contributed by atoms with Crippen LogP contribution in [-0.4, -0.2) is 26.9 Å². The molecule has 0 spiro atoms. The molecule has 0 saturated carbocycles. The minimum atomic E-state index is 0.396. The van der Waals surface area contributed by atoms with Crippen LogP contribution in [0.1, 0.15) is 6.92 Å². The van der Waals surface area contributed by atoms with Gasteiger partial charge in [-0.1, -0.05) is 21.1 Å². The highest BCUT2D eigenvalue weighted by atomic mass is 79.9. The minimum Gasteiger partial charge on any atom is -0.494 e. The number of nitrogens with zero attached hydrogens (tertiary/aromatic N) is 3. The molecule has 0 atom stereocenters. The maximum atomic E-state index is 5.46. The number of ether oxygens (including phenoxy) is 1. The lowest BCUT2D eigenvalue weighted by Crippen LogP contribution is -1.90. The van der Waals surface area contributed by atoms with Gasteiger partial charge in [0.25, 0.3) is 5.89 Å². The van der Waals surface area contributed by atoms with E-state index >= 15 is 0 Å². The molecule has 26 heavy (non-hydrogen) atoms. The Bertz CT molecular complexity index is 1010. The standard InChI is InChI=1S/C19H15BrN4O2/c1-2-25-15-9-5-12(6-10-15)16-11-17(23-22-16)19-21-18(24-26-19)13-3-7-14(20)8-4-13/h3-11H,2H2,1H3,(H,22,23). The van der Waals surface area contributed by atoms with Gasteiger partial charge in [0.1, 0.15) is 11.4 Å². The number of benzene rings is 2. The fourth-order valence-corrected chi connectivity index (χ4v) is 2.78. The largest absolute Gasteiger partial charge is 0.494 e. The average molecular weight is 411 g/mol. The molecule has 2 aromatic carbocycles. The summed E-state index contributed by atoms with van der Waals surface area (Å²) in [6.45, 7) is 2.60. The third-order valence-corrected chi connectivity index (χ3v) is 4.33. The quantitative estimate of drug-likeness (QED) is 0.503. The van der Waals surface area contributed by atoms with Crippen molar-refractivity contribution in [2.24, 2.45) is 0 Å². The molecule has 0 unspecified atom stereocenters. The maximum absolute atomic E-state index is 5.46. The Kier molecular flexibility index (Phi) is 4.53. The Morgan fingerprint density at radius 1 is 1.04 bits per heavy atom. The number of halogens is 1. The van der Waals surface area contributed by atoms with Gasteiger partial charge in [0.05, 0.1) is 12.3 Å². The highest BCUT2D eigenvalue weighted by molar-refractivity contribution is 9.10. The first kappa shape index (κ1) is 16.5. The molecule has 0 saturated heterocycles. The van der Waals surface area contributed by atoms with Crippen molar-refractivity contribution in [2.75, 3.05) is 6.61 Å². The Morgan fingerprint density at radius 3 is 2.50 bits per heavy atom. The molecule has 7 heteroatoms. The summed E-state index contributed by atoms with van der Waals surface area (Å²) in [6, 6.07) is 17.4. The minimum absolute atomic E-state index is 0.396. The SMILES string of the molecule is CCOc1ccc(-c2cc(-c3nc(-c4ccc(Br)cc4)no3)[nH]n2)cc1. The number of hydrogen-bond acceptors (Lipinski definition) is 5. The lowest BCUT2D eigenvalue weighted by Gasteiger charge is -2.02. The summed E-state index contributed by atoms with van der Waals surface area (Å²) in [5.41, 5.74) is 3.33. The lowest BCUT2D eigenvalue weighted by molar-refractivity contribution is 0.340. The van der Waals surface area contributed by atoms with Crippen LogP contribution in [0.2, 0.25) is 0 Å². The second-order valence-electron chi connectivity index (χ2n) is 5.55. The molecule has 0 amide bonds. The van der Waals surface area contributed by atoms with Gasteiger partial charge in [-0.05, 0) is 61.5 Å². The van der Waals surface area contributed by atoms with Gasteiger partial charge in [-0.3, -0.25) is 5.10 Å². The molecule has 0 aliphatic rings. The van der Waals surface area contributed by atoms with Crippen LogP contribution >= 0.6 is 15.9 Å². The number of aromatic nitrogens is 4. The first-order valence-corrected chi connectivity index (χ1v) is 8.91. The Hall–Kier alpha value is -2.93.